The van der Waals surface area contributed by atoms with Crippen molar-refractivity contribution in [1.82, 2.24) is 9.97 Å². The van der Waals surface area contributed by atoms with Crippen LogP contribution in [0.15, 0.2) is 36.9 Å². The second-order valence-corrected chi connectivity index (χ2v) is 4.44. The Hall–Kier alpha value is -2.71. The van der Waals surface area contributed by atoms with Crippen LogP contribution in [0, 0.1) is 18.8 Å². The maximum absolute atomic E-state index is 12.1. The molecule has 2 aromatic rings. The number of carbonyl (C=O) groups is 1. The van der Waals surface area contributed by atoms with E-state index in [0.29, 0.717) is 23.2 Å². The Labute approximate surface area is 123 Å². The fourth-order valence-corrected chi connectivity index (χ4v) is 1.68. The summed E-state index contributed by atoms with van der Waals surface area (Å²) in [6.45, 7) is 1.92. The summed E-state index contributed by atoms with van der Waals surface area (Å²) in [7, 11) is 0. The van der Waals surface area contributed by atoms with Crippen molar-refractivity contribution in [2.45, 2.75) is 13.3 Å². The lowest BCUT2D eigenvalue weighted by molar-refractivity contribution is 0.102. The van der Waals surface area contributed by atoms with E-state index in [0.717, 1.165) is 5.56 Å². The van der Waals surface area contributed by atoms with Gasteiger partial charge in [0, 0.05) is 30.6 Å². The minimum Gasteiger partial charge on any atom is -0.395 e. The predicted octanol–water partition coefficient (Wildman–Crippen LogP) is 1.77. The van der Waals surface area contributed by atoms with Crippen molar-refractivity contribution < 1.29 is 9.90 Å². The highest BCUT2D eigenvalue weighted by molar-refractivity contribution is 6.04. The summed E-state index contributed by atoms with van der Waals surface area (Å²) in [6, 6.07) is 3.50. The first-order valence-electron chi connectivity index (χ1n) is 6.47. The Kier molecular flexibility index (Phi) is 5.02. The second kappa shape index (κ2) is 7.17. The quantitative estimate of drug-likeness (QED) is 0.841. The topological polar surface area (TPSA) is 75.1 Å². The molecule has 1 amide bonds. The van der Waals surface area contributed by atoms with E-state index >= 15 is 0 Å². The Morgan fingerprint density at radius 3 is 2.81 bits per heavy atom. The highest BCUT2D eigenvalue weighted by atomic mass is 16.2. The summed E-state index contributed by atoms with van der Waals surface area (Å²) < 4.78 is 0. The van der Waals surface area contributed by atoms with Gasteiger partial charge in [-0.3, -0.25) is 14.8 Å². The Morgan fingerprint density at radius 2 is 2.05 bits per heavy atom. The van der Waals surface area contributed by atoms with Gasteiger partial charge in [-0.15, -0.1) is 0 Å². The Bertz CT molecular complexity index is 702. The molecule has 106 valence electrons. The van der Waals surface area contributed by atoms with E-state index in [1.54, 1.807) is 24.7 Å². The van der Waals surface area contributed by atoms with Gasteiger partial charge < -0.3 is 10.4 Å². The molecular weight excluding hydrogens is 266 g/mol. The van der Waals surface area contributed by atoms with E-state index < -0.39 is 0 Å². The zero-order chi connectivity index (χ0) is 15.1. The largest absolute Gasteiger partial charge is 0.395 e. The van der Waals surface area contributed by atoms with Crippen molar-refractivity contribution in [1.29, 1.82) is 0 Å². The van der Waals surface area contributed by atoms with Crippen LogP contribution in [0.5, 0.6) is 0 Å². The van der Waals surface area contributed by atoms with Crippen LogP contribution in [-0.2, 0) is 0 Å². The molecule has 0 atom stereocenters. The molecular formula is C16H15N3O2. The van der Waals surface area contributed by atoms with Crippen LogP contribution < -0.4 is 5.32 Å². The third-order valence-corrected chi connectivity index (χ3v) is 2.60. The number of hydrogen-bond acceptors (Lipinski definition) is 4. The minimum absolute atomic E-state index is 0.0148. The lowest BCUT2D eigenvalue weighted by Crippen LogP contribution is -2.12. The summed E-state index contributed by atoms with van der Waals surface area (Å²) in [5, 5.41) is 11.4. The van der Waals surface area contributed by atoms with E-state index in [-0.39, 0.29) is 12.5 Å². The molecule has 2 N–H and O–H groups in total. The molecule has 0 aliphatic rings. The normalized spacial score (nSPS) is 9.62. The van der Waals surface area contributed by atoms with Crippen molar-refractivity contribution in [3.63, 3.8) is 0 Å². The number of anilines is 1. The number of aliphatic hydroxyl groups excluding tert-OH is 1. The highest BCUT2D eigenvalue weighted by Crippen LogP contribution is 2.10. The Morgan fingerprint density at radius 1 is 1.24 bits per heavy atom. The molecule has 0 spiro atoms. The number of aromatic nitrogens is 2. The zero-order valence-corrected chi connectivity index (χ0v) is 11.6. The van der Waals surface area contributed by atoms with Crippen molar-refractivity contribution in [3.05, 3.63) is 53.6 Å². The number of pyridine rings is 2. The fourth-order valence-electron chi connectivity index (χ4n) is 1.68. The van der Waals surface area contributed by atoms with Crippen molar-refractivity contribution in [2.75, 3.05) is 11.9 Å². The molecule has 0 saturated heterocycles. The molecule has 0 unspecified atom stereocenters. The molecule has 2 aromatic heterocycles. The number of carbonyl (C=O) groups excluding carboxylic acids is 1. The molecule has 2 rings (SSSR count). The van der Waals surface area contributed by atoms with Gasteiger partial charge in [0.1, 0.15) is 0 Å². The molecule has 0 aromatic carbocycles. The molecule has 0 saturated carbocycles. The van der Waals surface area contributed by atoms with Gasteiger partial charge in [0.15, 0.2) is 0 Å². The molecule has 5 nitrogen and oxygen atoms in total. The summed E-state index contributed by atoms with van der Waals surface area (Å²) in [6.07, 6.45) is 6.76. The van der Waals surface area contributed by atoms with Crippen molar-refractivity contribution in [2.24, 2.45) is 0 Å². The van der Waals surface area contributed by atoms with Crippen LogP contribution in [0.2, 0.25) is 0 Å². The van der Waals surface area contributed by atoms with Crippen LogP contribution in [0.4, 0.5) is 5.69 Å². The lowest BCUT2D eigenvalue weighted by Gasteiger charge is -2.05. The molecule has 0 aliphatic carbocycles. The second-order valence-electron chi connectivity index (χ2n) is 4.44. The van der Waals surface area contributed by atoms with Gasteiger partial charge in [0.05, 0.1) is 24.1 Å². The lowest BCUT2D eigenvalue weighted by atomic mass is 10.2. The van der Waals surface area contributed by atoms with Gasteiger partial charge in [-0.05, 0) is 24.6 Å². The van der Waals surface area contributed by atoms with Crippen LogP contribution >= 0.6 is 0 Å². The van der Waals surface area contributed by atoms with E-state index in [1.807, 2.05) is 13.0 Å². The number of hydrogen-bond donors (Lipinski definition) is 2. The third kappa shape index (κ3) is 4.41. The molecule has 0 fully saturated rings. The molecule has 5 heteroatoms. The van der Waals surface area contributed by atoms with Crippen LogP contribution in [0.25, 0.3) is 0 Å². The fraction of sp³-hybridized carbons (Fsp3) is 0.188. The van der Waals surface area contributed by atoms with Crippen LogP contribution in [-0.4, -0.2) is 27.6 Å². The van der Waals surface area contributed by atoms with Crippen molar-refractivity contribution >= 4 is 11.6 Å². The van der Waals surface area contributed by atoms with E-state index in [9.17, 15) is 4.79 Å². The van der Waals surface area contributed by atoms with Crippen molar-refractivity contribution in [3.8, 4) is 11.8 Å². The van der Waals surface area contributed by atoms with Crippen LogP contribution in [0.1, 0.15) is 27.9 Å². The molecule has 2 heterocycles. The highest BCUT2D eigenvalue weighted by Gasteiger charge is 2.07. The minimum atomic E-state index is -0.263. The van der Waals surface area contributed by atoms with E-state index in [4.69, 9.17) is 5.11 Å². The third-order valence-electron chi connectivity index (χ3n) is 2.60. The van der Waals surface area contributed by atoms with Gasteiger partial charge in [0.2, 0.25) is 0 Å². The maximum Gasteiger partial charge on any atom is 0.257 e. The summed E-state index contributed by atoms with van der Waals surface area (Å²) in [5.74, 6) is 5.38. The van der Waals surface area contributed by atoms with Gasteiger partial charge in [-0.1, -0.05) is 11.8 Å². The first-order valence-corrected chi connectivity index (χ1v) is 6.47. The van der Waals surface area contributed by atoms with Gasteiger partial charge in [0.25, 0.3) is 5.91 Å². The summed E-state index contributed by atoms with van der Waals surface area (Å²) in [5.41, 5.74) is 2.66. The number of aliphatic hydroxyl groups is 1. The summed E-state index contributed by atoms with van der Waals surface area (Å²) in [4.78, 5) is 20.2. The average molecular weight is 281 g/mol. The van der Waals surface area contributed by atoms with Gasteiger partial charge in [-0.2, -0.15) is 0 Å². The monoisotopic (exact) mass is 281 g/mol. The smallest absolute Gasteiger partial charge is 0.257 e. The number of nitrogens with one attached hydrogen (secondary N) is 1. The number of rotatable bonds is 3. The predicted molar refractivity (Wildman–Crippen MR) is 79.7 cm³/mol. The molecule has 21 heavy (non-hydrogen) atoms. The first kappa shape index (κ1) is 14.7. The zero-order valence-electron chi connectivity index (χ0n) is 11.6. The van der Waals surface area contributed by atoms with Gasteiger partial charge in [-0.25, -0.2) is 0 Å². The molecule has 0 bridgehead atoms. The SMILES string of the molecule is Cc1cncc(NC(=O)c2cncc(C#CCCO)c2)c1. The standard InChI is InChI=1S/C16H15N3O2/c1-12-6-15(11-17-8-12)19-16(21)14-7-13(9-18-10-14)4-2-3-5-20/h6-11,20H,3,5H2,1H3,(H,19,21). The number of amides is 1. The molecule has 0 aliphatic heterocycles. The number of aryl methyl sites for hydroxylation is 1. The average Bonchev–Trinajstić information content (AvgIpc) is 2.48. The number of nitrogens with zero attached hydrogens (tertiary/aromatic N) is 2. The molecule has 0 radical (unpaired) electrons. The van der Waals surface area contributed by atoms with Crippen LogP contribution in [0.3, 0.4) is 0 Å². The maximum atomic E-state index is 12.1. The summed E-state index contributed by atoms with van der Waals surface area (Å²) >= 11 is 0. The van der Waals surface area contributed by atoms with Gasteiger partial charge >= 0.3 is 0 Å². The first-order chi connectivity index (χ1) is 10.2. The van der Waals surface area contributed by atoms with E-state index in [2.05, 4.69) is 27.1 Å². The van der Waals surface area contributed by atoms with E-state index in [1.165, 1.54) is 6.20 Å². The Balaban J connectivity index is 2.13.